The molecule has 1 aliphatic heterocycles. The van der Waals surface area contributed by atoms with Gasteiger partial charge in [-0.25, -0.2) is 0 Å². The van der Waals surface area contributed by atoms with E-state index in [4.69, 9.17) is 5.11 Å². The van der Waals surface area contributed by atoms with Gasteiger partial charge in [-0.3, -0.25) is 0 Å². The normalized spacial score (nSPS) is 34.0. The van der Waals surface area contributed by atoms with E-state index in [0.29, 0.717) is 12.6 Å². The summed E-state index contributed by atoms with van der Waals surface area (Å²) in [4.78, 5) is 0. The van der Waals surface area contributed by atoms with Crippen molar-refractivity contribution in [1.29, 1.82) is 0 Å². The van der Waals surface area contributed by atoms with Gasteiger partial charge in [0.1, 0.15) is 0 Å². The molecule has 2 nitrogen and oxygen atoms in total. The van der Waals surface area contributed by atoms with Gasteiger partial charge in [-0.2, -0.15) is 0 Å². The highest BCUT2D eigenvalue weighted by Gasteiger charge is 2.18. The molecule has 1 fully saturated rings. The van der Waals surface area contributed by atoms with Crippen molar-refractivity contribution in [3.63, 3.8) is 0 Å². The molecule has 2 N–H and O–H groups in total. The average molecular weight is 152 g/mol. The lowest BCUT2D eigenvalue weighted by atomic mass is 10.1. The molecular formula is C6H14ClNO. The summed E-state index contributed by atoms with van der Waals surface area (Å²) in [5.74, 6) is 0.757. The number of halogens is 1. The molecule has 1 aliphatic rings. The van der Waals surface area contributed by atoms with Crippen LogP contribution in [0.4, 0.5) is 0 Å². The van der Waals surface area contributed by atoms with E-state index >= 15 is 0 Å². The van der Waals surface area contributed by atoms with Crippen molar-refractivity contribution in [1.82, 2.24) is 5.32 Å². The molecule has 0 radical (unpaired) electrons. The second-order valence-corrected chi connectivity index (χ2v) is 2.63. The number of aliphatic hydroxyl groups is 1. The zero-order chi connectivity index (χ0) is 5.98. The molecule has 0 spiro atoms. The van der Waals surface area contributed by atoms with Crippen molar-refractivity contribution in [3.8, 4) is 0 Å². The van der Waals surface area contributed by atoms with Crippen LogP contribution in [0.5, 0.6) is 0 Å². The second-order valence-electron chi connectivity index (χ2n) is 2.63. The second kappa shape index (κ2) is 4.09. The molecule has 3 heteroatoms. The van der Waals surface area contributed by atoms with Crippen LogP contribution in [0, 0.1) is 5.92 Å². The molecule has 0 bridgehead atoms. The summed E-state index contributed by atoms with van der Waals surface area (Å²) in [5, 5.41) is 11.8. The summed E-state index contributed by atoms with van der Waals surface area (Å²) in [5.41, 5.74) is 0. The lowest BCUT2D eigenvalue weighted by molar-refractivity contribution is 0.253. The number of rotatable bonds is 1. The van der Waals surface area contributed by atoms with E-state index < -0.39 is 0 Å². The largest absolute Gasteiger partial charge is 0.395 e. The van der Waals surface area contributed by atoms with Gasteiger partial charge in [-0.1, -0.05) is 6.92 Å². The molecule has 0 aromatic rings. The van der Waals surface area contributed by atoms with Crippen molar-refractivity contribution < 1.29 is 5.11 Å². The van der Waals surface area contributed by atoms with Crippen LogP contribution in [0.25, 0.3) is 0 Å². The third-order valence-corrected chi connectivity index (χ3v) is 1.66. The van der Waals surface area contributed by atoms with Gasteiger partial charge in [0.2, 0.25) is 0 Å². The quantitative estimate of drug-likeness (QED) is 0.569. The van der Waals surface area contributed by atoms with E-state index in [1.807, 2.05) is 0 Å². The smallest absolute Gasteiger partial charge is 0.0584 e. The Morgan fingerprint density at radius 2 is 2.33 bits per heavy atom. The van der Waals surface area contributed by atoms with Gasteiger partial charge in [0.25, 0.3) is 0 Å². The Kier molecular flexibility index (Phi) is 4.19. The van der Waals surface area contributed by atoms with Crippen LogP contribution < -0.4 is 5.32 Å². The first-order valence-electron chi connectivity index (χ1n) is 3.17. The lowest BCUT2D eigenvalue weighted by Crippen LogP contribution is -2.24. The van der Waals surface area contributed by atoms with Crippen LogP contribution in [-0.4, -0.2) is 24.3 Å². The van der Waals surface area contributed by atoms with E-state index in [2.05, 4.69) is 12.2 Å². The standard InChI is InChI=1S/C6H13NO.ClH/c1-5-2-6(4-8)7-3-5;/h5-8H,2-4H2,1H3;1H/t5-,6-;/m1./s1. The predicted octanol–water partition coefficient (Wildman–Crippen LogP) is 0.398. The van der Waals surface area contributed by atoms with E-state index in [1.54, 1.807) is 0 Å². The minimum Gasteiger partial charge on any atom is -0.395 e. The van der Waals surface area contributed by atoms with Gasteiger partial charge in [0.15, 0.2) is 0 Å². The first kappa shape index (κ1) is 9.21. The summed E-state index contributed by atoms with van der Waals surface area (Å²) in [6.07, 6.45) is 1.14. The number of nitrogens with one attached hydrogen (secondary N) is 1. The Bertz CT molecular complexity index is 79.5. The van der Waals surface area contributed by atoms with Crippen LogP contribution in [0.2, 0.25) is 0 Å². The van der Waals surface area contributed by atoms with E-state index in [1.165, 1.54) is 0 Å². The van der Waals surface area contributed by atoms with Crippen LogP contribution in [0.1, 0.15) is 13.3 Å². The summed E-state index contributed by atoms with van der Waals surface area (Å²) >= 11 is 0. The molecule has 0 aromatic carbocycles. The molecule has 0 aromatic heterocycles. The Hall–Kier alpha value is 0.210. The maximum Gasteiger partial charge on any atom is 0.0584 e. The molecule has 0 aliphatic carbocycles. The Labute approximate surface area is 62.1 Å². The SMILES string of the molecule is C[C@H]1CN[C@@H](CO)C1.Cl. The van der Waals surface area contributed by atoms with Crippen LogP contribution in [0.15, 0.2) is 0 Å². The van der Waals surface area contributed by atoms with Crippen molar-refractivity contribution in [2.45, 2.75) is 19.4 Å². The summed E-state index contributed by atoms with van der Waals surface area (Å²) in [7, 11) is 0. The van der Waals surface area contributed by atoms with Gasteiger partial charge in [0, 0.05) is 6.04 Å². The minimum absolute atomic E-state index is 0. The van der Waals surface area contributed by atoms with Crippen molar-refractivity contribution in [2.24, 2.45) is 5.92 Å². The highest BCUT2D eigenvalue weighted by Crippen LogP contribution is 2.11. The zero-order valence-electron chi connectivity index (χ0n) is 5.63. The van der Waals surface area contributed by atoms with Crippen LogP contribution in [0.3, 0.4) is 0 Å². The fourth-order valence-corrected chi connectivity index (χ4v) is 1.16. The molecule has 56 valence electrons. The highest BCUT2D eigenvalue weighted by atomic mass is 35.5. The molecule has 0 saturated carbocycles. The first-order valence-corrected chi connectivity index (χ1v) is 3.17. The van der Waals surface area contributed by atoms with Crippen LogP contribution in [-0.2, 0) is 0 Å². The molecular weight excluding hydrogens is 138 g/mol. The Morgan fingerprint density at radius 1 is 1.67 bits per heavy atom. The number of hydrogen-bond donors (Lipinski definition) is 2. The summed E-state index contributed by atoms with van der Waals surface area (Å²) < 4.78 is 0. The molecule has 2 atom stereocenters. The van der Waals surface area contributed by atoms with E-state index in [-0.39, 0.29) is 12.4 Å². The average Bonchev–Trinajstić information content (AvgIpc) is 2.14. The summed E-state index contributed by atoms with van der Waals surface area (Å²) in [6, 6.07) is 0.380. The lowest BCUT2D eigenvalue weighted by Gasteiger charge is -2.02. The monoisotopic (exact) mass is 151 g/mol. The molecule has 1 heterocycles. The molecule has 1 saturated heterocycles. The van der Waals surface area contributed by atoms with Crippen molar-refractivity contribution in [2.75, 3.05) is 13.2 Å². The Balaban J connectivity index is 0.000000640. The topological polar surface area (TPSA) is 32.3 Å². The zero-order valence-corrected chi connectivity index (χ0v) is 6.45. The predicted molar refractivity (Wildman–Crippen MR) is 39.9 cm³/mol. The first-order chi connectivity index (χ1) is 3.83. The molecule has 0 unspecified atom stereocenters. The van der Waals surface area contributed by atoms with E-state index in [0.717, 1.165) is 18.9 Å². The van der Waals surface area contributed by atoms with E-state index in [9.17, 15) is 0 Å². The van der Waals surface area contributed by atoms with Gasteiger partial charge in [-0.15, -0.1) is 12.4 Å². The van der Waals surface area contributed by atoms with Crippen molar-refractivity contribution >= 4 is 12.4 Å². The Morgan fingerprint density at radius 3 is 2.56 bits per heavy atom. The molecule has 0 amide bonds. The number of aliphatic hydroxyl groups excluding tert-OH is 1. The van der Waals surface area contributed by atoms with Gasteiger partial charge < -0.3 is 10.4 Å². The molecule has 1 rings (SSSR count). The fourth-order valence-electron chi connectivity index (χ4n) is 1.16. The van der Waals surface area contributed by atoms with Gasteiger partial charge >= 0.3 is 0 Å². The van der Waals surface area contributed by atoms with Gasteiger partial charge in [0.05, 0.1) is 6.61 Å². The minimum atomic E-state index is 0. The number of hydrogen-bond acceptors (Lipinski definition) is 2. The maximum absolute atomic E-state index is 8.62. The molecule has 9 heavy (non-hydrogen) atoms. The van der Waals surface area contributed by atoms with Crippen molar-refractivity contribution in [3.05, 3.63) is 0 Å². The van der Waals surface area contributed by atoms with Gasteiger partial charge in [-0.05, 0) is 18.9 Å². The maximum atomic E-state index is 8.62. The van der Waals surface area contributed by atoms with Crippen LogP contribution >= 0.6 is 12.4 Å². The summed E-state index contributed by atoms with van der Waals surface area (Å²) in [6.45, 7) is 3.57. The fraction of sp³-hybridized carbons (Fsp3) is 1.00. The third-order valence-electron chi connectivity index (χ3n) is 1.66. The third kappa shape index (κ3) is 2.52. The highest BCUT2D eigenvalue weighted by molar-refractivity contribution is 5.85.